The largest absolute Gasteiger partial charge is 0.497 e. The number of ether oxygens (including phenoxy) is 2. The summed E-state index contributed by atoms with van der Waals surface area (Å²) in [5, 5.41) is 9.66. The van der Waals surface area contributed by atoms with Crippen molar-refractivity contribution in [3.63, 3.8) is 0 Å². The van der Waals surface area contributed by atoms with E-state index in [0.29, 0.717) is 0 Å². The highest BCUT2D eigenvalue weighted by Gasteiger charge is 2.68. The normalized spacial score (nSPS) is 28.7. The van der Waals surface area contributed by atoms with Gasteiger partial charge in [-0.25, -0.2) is 0 Å². The monoisotopic (exact) mass is 243 g/mol. The standard InChI is InChI=1S/C15H17NO2/c1-17-13-4-2-3-12(9-13)15(11-16)10-14(15)5-7-18-8-6-14/h2-4,9H,5-8,10H2,1H3. The highest BCUT2D eigenvalue weighted by atomic mass is 16.5. The predicted molar refractivity (Wildman–Crippen MR) is 67.4 cm³/mol. The number of rotatable bonds is 2. The fourth-order valence-electron chi connectivity index (χ4n) is 3.35. The van der Waals surface area contributed by atoms with E-state index in [9.17, 15) is 5.26 Å². The molecule has 0 aromatic heterocycles. The van der Waals surface area contributed by atoms with Crippen LogP contribution in [0, 0.1) is 16.7 Å². The Labute approximate surface area is 107 Å². The van der Waals surface area contributed by atoms with Crippen molar-refractivity contribution in [3.05, 3.63) is 29.8 Å². The second-order valence-corrected chi connectivity index (χ2v) is 5.32. The minimum atomic E-state index is -0.314. The molecule has 1 saturated carbocycles. The van der Waals surface area contributed by atoms with Crippen molar-refractivity contribution in [3.8, 4) is 11.8 Å². The number of methoxy groups -OCH3 is 1. The van der Waals surface area contributed by atoms with Crippen LogP contribution in [0.2, 0.25) is 0 Å². The lowest BCUT2D eigenvalue weighted by Gasteiger charge is -2.26. The van der Waals surface area contributed by atoms with E-state index < -0.39 is 0 Å². The molecule has 3 rings (SSSR count). The van der Waals surface area contributed by atoms with Gasteiger partial charge in [-0.2, -0.15) is 5.26 Å². The van der Waals surface area contributed by atoms with Crippen LogP contribution in [0.3, 0.4) is 0 Å². The number of hydrogen-bond acceptors (Lipinski definition) is 3. The van der Waals surface area contributed by atoms with Gasteiger partial charge in [0.05, 0.1) is 18.6 Å². The molecule has 1 aromatic carbocycles. The van der Waals surface area contributed by atoms with Crippen molar-refractivity contribution in [2.45, 2.75) is 24.7 Å². The van der Waals surface area contributed by atoms with Gasteiger partial charge in [0.25, 0.3) is 0 Å². The quantitative estimate of drug-likeness (QED) is 0.802. The maximum atomic E-state index is 9.66. The molecule has 1 heterocycles. The van der Waals surface area contributed by atoms with E-state index >= 15 is 0 Å². The fourth-order valence-corrected chi connectivity index (χ4v) is 3.35. The Balaban J connectivity index is 1.96. The Morgan fingerprint density at radius 1 is 1.33 bits per heavy atom. The van der Waals surface area contributed by atoms with Gasteiger partial charge < -0.3 is 9.47 Å². The van der Waals surface area contributed by atoms with Crippen LogP contribution in [0.5, 0.6) is 5.75 Å². The molecule has 1 saturated heterocycles. The minimum Gasteiger partial charge on any atom is -0.497 e. The lowest BCUT2D eigenvalue weighted by Crippen LogP contribution is -2.25. The maximum absolute atomic E-state index is 9.66. The van der Waals surface area contributed by atoms with Gasteiger partial charge in [0.2, 0.25) is 0 Å². The van der Waals surface area contributed by atoms with Crippen LogP contribution in [-0.2, 0) is 10.2 Å². The summed E-state index contributed by atoms with van der Waals surface area (Å²) in [7, 11) is 1.66. The zero-order valence-electron chi connectivity index (χ0n) is 10.6. The molecule has 2 fully saturated rings. The van der Waals surface area contributed by atoms with Crippen LogP contribution in [0.15, 0.2) is 24.3 Å². The highest BCUT2D eigenvalue weighted by Crippen LogP contribution is 2.69. The Morgan fingerprint density at radius 3 is 2.78 bits per heavy atom. The summed E-state index contributed by atoms with van der Waals surface area (Å²) < 4.78 is 10.7. The minimum absolute atomic E-state index is 0.145. The van der Waals surface area contributed by atoms with Gasteiger partial charge in [0, 0.05) is 13.2 Å². The van der Waals surface area contributed by atoms with Gasteiger partial charge in [-0.05, 0) is 42.4 Å². The second-order valence-electron chi connectivity index (χ2n) is 5.32. The summed E-state index contributed by atoms with van der Waals surface area (Å²) >= 11 is 0. The summed E-state index contributed by atoms with van der Waals surface area (Å²) in [4.78, 5) is 0. The van der Waals surface area contributed by atoms with Gasteiger partial charge in [-0.3, -0.25) is 0 Å². The molecule has 3 heteroatoms. The third-order valence-corrected chi connectivity index (χ3v) is 4.59. The van der Waals surface area contributed by atoms with Crippen molar-refractivity contribution in [1.82, 2.24) is 0 Å². The molecular weight excluding hydrogens is 226 g/mol. The lowest BCUT2D eigenvalue weighted by atomic mass is 9.82. The average molecular weight is 243 g/mol. The molecule has 1 aliphatic carbocycles. The summed E-state index contributed by atoms with van der Waals surface area (Å²) in [6, 6.07) is 10.5. The van der Waals surface area contributed by atoms with E-state index in [1.807, 2.05) is 18.2 Å². The molecule has 94 valence electrons. The van der Waals surface area contributed by atoms with E-state index in [4.69, 9.17) is 9.47 Å². The fraction of sp³-hybridized carbons (Fsp3) is 0.533. The van der Waals surface area contributed by atoms with Crippen LogP contribution in [-0.4, -0.2) is 20.3 Å². The van der Waals surface area contributed by atoms with Gasteiger partial charge in [-0.1, -0.05) is 12.1 Å². The second kappa shape index (κ2) is 4.00. The Bertz CT molecular complexity index is 499. The van der Waals surface area contributed by atoms with Gasteiger partial charge in [0.1, 0.15) is 5.75 Å². The van der Waals surface area contributed by atoms with Crippen molar-refractivity contribution >= 4 is 0 Å². The summed E-state index contributed by atoms with van der Waals surface area (Å²) in [6.45, 7) is 1.57. The molecular formula is C15H17NO2. The van der Waals surface area contributed by atoms with E-state index in [1.165, 1.54) is 0 Å². The molecule has 3 nitrogen and oxygen atoms in total. The predicted octanol–water partition coefficient (Wildman–Crippen LogP) is 2.66. The van der Waals surface area contributed by atoms with Crippen LogP contribution < -0.4 is 4.74 Å². The van der Waals surface area contributed by atoms with Gasteiger partial charge in [0.15, 0.2) is 0 Å². The van der Waals surface area contributed by atoms with Crippen LogP contribution in [0.4, 0.5) is 0 Å². The van der Waals surface area contributed by atoms with Gasteiger partial charge in [-0.15, -0.1) is 0 Å². The molecule has 1 unspecified atom stereocenters. The molecule has 0 N–H and O–H groups in total. The first-order valence-corrected chi connectivity index (χ1v) is 6.40. The van der Waals surface area contributed by atoms with Crippen LogP contribution >= 0.6 is 0 Å². The molecule has 1 atom stereocenters. The lowest BCUT2D eigenvalue weighted by molar-refractivity contribution is 0.0522. The summed E-state index contributed by atoms with van der Waals surface area (Å²) in [5.41, 5.74) is 0.934. The molecule has 1 spiro atoms. The summed E-state index contributed by atoms with van der Waals surface area (Å²) in [5.74, 6) is 0.830. The van der Waals surface area contributed by atoms with Crippen molar-refractivity contribution < 1.29 is 9.47 Å². The van der Waals surface area contributed by atoms with E-state index in [2.05, 4.69) is 12.1 Å². The number of benzene rings is 1. The third-order valence-electron chi connectivity index (χ3n) is 4.59. The van der Waals surface area contributed by atoms with E-state index in [0.717, 1.165) is 43.8 Å². The first-order chi connectivity index (χ1) is 8.76. The van der Waals surface area contributed by atoms with Gasteiger partial charge >= 0.3 is 0 Å². The zero-order chi connectivity index (χ0) is 12.6. The van der Waals surface area contributed by atoms with Crippen LogP contribution in [0.25, 0.3) is 0 Å². The Kier molecular flexibility index (Phi) is 2.57. The third kappa shape index (κ3) is 1.46. The topological polar surface area (TPSA) is 42.2 Å². The SMILES string of the molecule is COc1cccc(C2(C#N)CC23CCOCC3)c1. The molecule has 0 radical (unpaired) electrons. The first kappa shape index (κ1) is 11.6. The molecule has 1 aliphatic heterocycles. The van der Waals surface area contributed by atoms with Crippen LogP contribution in [0.1, 0.15) is 24.8 Å². The number of hydrogen-bond donors (Lipinski definition) is 0. The maximum Gasteiger partial charge on any atom is 0.119 e. The van der Waals surface area contributed by atoms with E-state index in [1.54, 1.807) is 7.11 Å². The molecule has 2 aliphatic rings. The molecule has 0 amide bonds. The van der Waals surface area contributed by atoms with E-state index in [-0.39, 0.29) is 10.8 Å². The molecule has 0 bridgehead atoms. The Hall–Kier alpha value is -1.53. The molecule has 18 heavy (non-hydrogen) atoms. The van der Waals surface area contributed by atoms with Crippen molar-refractivity contribution in [2.24, 2.45) is 5.41 Å². The average Bonchev–Trinajstić information content (AvgIpc) is 3.08. The zero-order valence-corrected chi connectivity index (χ0v) is 10.6. The highest BCUT2D eigenvalue weighted by molar-refractivity contribution is 5.48. The number of nitriles is 1. The number of nitrogens with zero attached hydrogens (tertiary/aromatic N) is 1. The smallest absolute Gasteiger partial charge is 0.119 e. The molecule has 1 aromatic rings. The van der Waals surface area contributed by atoms with Crippen molar-refractivity contribution in [1.29, 1.82) is 5.26 Å². The first-order valence-electron chi connectivity index (χ1n) is 6.40. The van der Waals surface area contributed by atoms with Crippen molar-refractivity contribution in [2.75, 3.05) is 20.3 Å². The Morgan fingerprint density at radius 2 is 2.11 bits per heavy atom. The summed E-state index contributed by atoms with van der Waals surface area (Å²) in [6.07, 6.45) is 2.96.